The van der Waals surface area contributed by atoms with E-state index in [-0.39, 0.29) is 35.1 Å². The van der Waals surface area contributed by atoms with Crippen molar-refractivity contribution in [2.24, 2.45) is 0 Å². The number of aromatic hydroxyl groups is 2. The lowest BCUT2D eigenvalue weighted by atomic mass is 10.0. The fourth-order valence-corrected chi connectivity index (χ4v) is 6.82. The molecule has 3 unspecified atom stereocenters. The van der Waals surface area contributed by atoms with Crippen molar-refractivity contribution in [3.05, 3.63) is 23.8 Å². The first-order chi connectivity index (χ1) is 15.3. The molecule has 1 aromatic carbocycles. The van der Waals surface area contributed by atoms with Crippen molar-refractivity contribution in [1.29, 1.82) is 0 Å². The summed E-state index contributed by atoms with van der Waals surface area (Å²) in [7, 11) is 1.67. The van der Waals surface area contributed by atoms with Gasteiger partial charge in [-0.15, -0.1) is 11.8 Å². The van der Waals surface area contributed by atoms with Crippen LogP contribution in [0.5, 0.6) is 11.5 Å². The monoisotopic (exact) mass is 482 g/mol. The third kappa shape index (κ3) is 6.56. The van der Waals surface area contributed by atoms with Crippen LogP contribution >= 0.6 is 23.5 Å². The van der Waals surface area contributed by atoms with Crippen LogP contribution in [0.25, 0.3) is 0 Å². The average Bonchev–Trinajstić information content (AvgIpc) is 3.24. The van der Waals surface area contributed by atoms with Gasteiger partial charge in [0.05, 0.1) is 6.04 Å². The Morgan fingerprint density at radius 1 is 1.22 bits per heavy atom. The molecule has 1 amide bonds. The van der Waals surface area contributed by atoms with Gasteiger partial charge in [0.2, 0.25) is 5.12 Å². The Balaban J connectivity index is 1.52. The van der Waals surface area contributed by atoms with Crippen LogP contribution in [0.2, 0.25) is 0 Å². The molecule has 0 bridgehead atoms. The standard InChI is InChI=1S/C23H34N2O5S2/c1-15(24(2)22(29)21(28)11-16-8-9-19(26)20(27)10-16)12-25-14-31-13-18(25)23(30)32-17-6-4-3-5-7-17/h8-10,15,17-18,21,26-28H,3-7,11-14H2,1-2H3. The van der Waals surface area contributed by atoms with E-state index in [1.165, 1.54) is 48.1 Å². The molecule has 3 rings (SSSR count). The highest BCUT2D eigenvalue weighted by atomic mass is 32.2. The maximum absolute atomic E-state index is 12.9. The highest BCUT2D eigenvalue weighted by molar-refractivity contribution is 8.14. The number of nitrogens with zero attached hydrogens (tertiary/aromatic N) is 2. The smallest absolute Gasteiger partial charge is 0.251 e. The summed E-state index contributed by atoms with van der Waals surface area (Å²) >= 11 is 3.27. The van der Waals surface area contributed by atoms with Gasteiger partial charge in [0, 0.05) is 42.9 Å². The van der Waals surface area contributed by atoms with E-state index in [1.54, 1.807) is 24.9 Å². The third-order valence-electron chi connectivity index (χ3n) is 6.34. The van der Waals surface area contributed by atoms with Crippen LogP contribution < -0.4 is 0 Å². The van der Waals surface area contributed by atoms with Gasteiger partial charge in [-0.2, -0.15) is 0 Å². The average molecular weight is 483 g/mol. The number of phenols is 2. The van der Waals surface area contributed by atoms with Crippen LogP contribution in [0.1, 0.15) is 44.6 Å². The minimum Gasteiger partial charge on any atom is -0.504 e. The summed E-state index contributed by atoms with van der Waals surface area (Å²) in [4.78, 5) is 29.4. The molecule has 1 aliphatic heterocycles. The Bertz CT molecular complexity index is 803. The number of benzene rings is 1. The molecular formula is C23H34N2O5S2. The van der Waals surface area contributed by atoms with Crippen LogP contribution in [0.4, 0.5) is 0 Å². The van der Waals surface area contributed by atoms with Crippen molar-refractivity contribution < 1.29 is 24.9 Å². The maximum atomic E-state index is 12.9. The van der Waals surface area contributed by atoms with Crippen molar-refractivity contribution in [2.45, 2.75) is 68.9 Å². The van der Waals surface area contributed by atoms with Gasteiger partial charge in [0.1, 0.15) is 6.10 Å². The zero-order valence-electron chi connectivity index (χ0n) is 18.8. The summed E-state index contributed by atoms with van der Waals surface area (Å²) in [6.45, 7) is 2.50. The van der Waals surface area contributed by atoms with E-state index in [0.717, 1.165) is 24.5 Å². The largest absolute Gasteiger partial charge is 0.504 e. The molecule has 178 valence electrons. The van der Waals surface area contributed by atoms with Crippen LogP contribution in [0.15, 0.2) is 18.2 Å². The minimum atomic E-state index is -1.25. The fourth-order valence-electron chi connectivity index (χ4n) is 4.22. The Hall–Kier alpha value is -1.42. The number of phenolic OH excluding ortho intramolecular Hbond substituents is 2. The summed E-state index contributed by atoms with van der Waals surface area (Å²) in [5, 5.41) is 30.1. The SMILES string of the molecule is CC(CN1CSCC1C(=O)SC1CCCCC1)N(C)C(=O)C(O)Cc1ccc(O)c(O)c1. The van der Waals surface area contributed by atoms with E-state index >= 15 is 0 Å². The Labute approximate surface area is 198 Å². The van der Waals surface area contributed by atoms with Gasteiger partial charge in [-0.05, 0) is 37.5 Å². The molecule has 1 saturated carbocycles. The molecule has 1 heterocycles. The highest BCUT2D eigenvalue weighted by Gasteiger charge is 2.35. The van der Waals surface area contributed by atoms with Gasteiger partial charge >= 0.3 is 0 Å². The van der Waals surface area contributed by atoms with Gasteiger partial charge in [0.25, 0.3) is 5.91 Å². The van der Waals surface area contributed by atoms with Gasteiger partial charge in [-0.1, -0.05) is 37.1 Å². The van der Waals surface area contributed by atoms with Crippen molar-refractivity contribution in [3.63, 3.8) is 0 Å². The molecule has 2 aliphatic rings. The van der Waals surface area contributed by atoms with E-state index in [2.05, 4.69) is 4.90 Å². The fraction of sp³-hybridized carbons (Fsp3) is 0.652. The molecule has 3 N–H and O–H groups in total. The van der Waals surface area contributed by atoms with Crippen LogP contribution in [0, 0.1) is 0 Å². The molecule has 9 heteroatoms. The quantitative estimate of drug-likeness (QED) is 0.486. The molecule has 2 fully saturated rings. The summed E-state index contributed by atoms with van der Waals surface area (Å²) in [5.74, 6) is 0.627. The Morgan fingerprint density at radius 3 is 2.62 bits per heavy atom. The lowest BCUT2D eigenvalue weighted by molar-refractivity contribution is -0.141. The van der Waals surface area contributed by atoms with Gasteiger partial charge < -0.3 is 20.2 Å². The molecule has 0 spiro atoms. The highest BCUT2D eigenvalue weighted by Crippen LogP contribution is 2.33. The van der Waals surface area contributed by atoms with Crippen molar-refractivity contribution >= 4 is 34.5 Å². The van der Waals surface area contributed by atoms with Gasteiger partial charge in [0.15, 0.2) is 11.5 Å². The second kappa shape index (κ2) is 11.6. The molecule has 32 heavy (non-hydrogen) atoms. The molecular weight excluding hydrogens is 448 g/mol. The lowest BCUT2D eigenvalue weighted by Crippen LogP contribution is -2.49. The van der Waals surface area contributed by atoms with Gasteiger partial charge in [-0.3, -0.25) is 14.5 Å². The summed E-state index contributed by atoms with van der Waals surface area (Å²) in [6.07, 6.45) is 4.74. The number of aliphatic hydroxyl groups is 1. The molecule has 1 saturated heterocycles. The van der Waals surface area contributed by atoms with E-state index in [4.69, 9.17) is 0 Å². The van der Waals surface area contributed by atoms with Gasteiger partial charge in [-0.25, -0.2) is 0 Å². The van der Waals surface area contributed by atoms with Crippen molar-refractivity contribution in [2.75, 3.05) is 25.2 Å². The molecule has 3 atom stereocenters. The molecule has 0 aromatic heterocycles. The molecule has 1 aromatic rings. The van der Waals surface area contributed by atoms with E-state index in [1.807, 2.05) is 6.92 Å². The number of likely N-dealkylation sites (N-methyl/N-ethyl adjacent to an activating group) is 1. The predicted molar refractivity (Wildman–Crippen MR) is 129 cm³/mol. The number of hydrogen-bond acceptors (Lipinski definition) is 8. The second-order valence-corrected chi connectivity index (χ2v) is 11.1. The zero-order chi connectivity index (χ0) is 23.3. The van der Waals surface area contributed by atoms with Crippen molar-refractivity contribution in [1.82, 2.24) is 9.80 Å². The van der Waals surface area contributed by atoms with Crippen molar-refractivity contribution in [3.8, 4) is 11.5 Å². The predicted octanol–water partition coefficient (Wildman–Crippen LogP) is 2.82. The van der Waals surface area contributed by atoms with Crippen LogP contribution in [-0.4, -0.2) is 84.8 Å². The molecule has 7 nitrogen and oxygen atoms in total. The molecule has 1 aliphatic carbocycles. The number of rotatable bonds is 8. The maximum Gasteiger partial charge on any atom is 0.251 e. The van der Waals surface area contributed by atoms with E-state index < -0.39 is 12.0 Å². The number of aliphatic hydroxyl groups excluding tert-OH is 1. The van der Waals surface area contributed by atoms with Crippen LogP contribution in [0.3, 0.4) is 0 Å². The topological polar surface area (TPSA) is 101 Å². The third-order valence-corrected chi connectivity index (χ3v) is 8.72. The number of carbonyl (C=O) groups is 2. The summed E-state index contributed by atoms with van der Waals surface area (Å²) < 4.78 is 0. The first kappa shape index (κ1) is 25.2. The number of carbonyl (C=O) groups excluding carboxylic acids is 2. The first-order valence-corrected chi connectivity index (χ1v) is 13.3. The Morgan fingerprint density at radius 2 is 1.94 bits per heavy atom. The van der Waals surface area contributed by atoms with E-state index in [0.29, 0.717) is 17.4 Å². The normalized spacial score (nSPS) is 21.9. The second-order valence-electron chi connectivity index (χ2n) is 8.83. The number of hydrogen-bond donors (Lipinski definition) is 3. The summed E-state index contributed by atoms with van der Waals surface area (Å²) in [5.41, 5.74) is 0.559. The first-order valence-electron chi connectivity index (χ1n) is 11.2. The lowest BCUT2D eigenvalue weighted by Gasteiger charge is -2.32. The Kier molecular flexibility index (Phi) is 9.16. The van der Waals surface area contributed by atoms with E-state index in [9.17, 15) is 24.9 Å². The number of thioether (sulfide) groups is 2. The number of amides is 1. The van der Waals surface area contributed by atoms with Crippen LogP contribution in [-0.2, 0) is 16.0 Å². The zero-order valence-corrected chi connectivity index (χ0v) is 20.4. The minimum absolute atomic E-state index is 0.0441. The molecule has 0 radical (unpaired) electrons. The summed E-state index contributed by atoms with van der Waals surface area (Å²) in [6, 6.07) is 3.96.